The van der Waals surface area contributed by atoms with Gasteiger partial charge in [-0.3, -0.25) is 0 Å². The predicted octanol–water partition coefficient (Wildman–Crippen LogP) is 0.616. The predicted molar refractivity (Wildman–Crippen MR) is 26.7 cm³/mol. The molecule has 0 aromatic heterocycles. The zero-order valence-electron chi connectivity index (χ0n) is 4.20. The summed E-state index contributed by atoms with van der Waals surface area (Å²) in [6.45, 7) is 4.75. The molecule has 1 heteroatoms. The lowest BCUT2D eigenvalue weighted by Gasteiger charge is -1.90. The van der Waals surface area contributed by atoms with Crippen LogP contribution >= 0.6 is 0 Å². The Balaban J connectivity index is 2.18. The van der Waals surface area contributed by atoms with Crippen molar-refractivity contribution in [1.29, 1.82) is 0 Å². The highest BCUT2D eigenvalue weighted by molar-refractivity contribution is 4.65. The molecule has 1 saturated heterocycles. The van der Waals surface area contributed by atoms with E-state index in [1.54, 1.807) is 0 Å². The minimum atomic E-state index is 0.935. The van der Waals surface area contributed by atoms with Gasteiger partial charge in [0.1, 0.15) is 0 Å². The van der Waals surface area contributed by atoms with E-state index in [2.05, 4.69) is 12.2 Å². The van der Waals surface area contributed by atoms with Crippen molar-refractivity contribution in [3.05, 3.63) is 0 Å². The van der Waals surface area contributed by atoms with Crippen molar-refractivity contribution >= 4 is 0 Å². The standard InChI is InChI=1S/C5H11N/c1-5-2-3-6-4-5/h5-6H,2-4H2,1H3/t5-/m1/s1. The largest absolute Gasteiger partial charge is 0.316 e. The molecule has 0 aliphatic carbocycles. The molecule has 1 atom stereocenters. The van der Waals surface area contributed by atoms with Crippen LogP contribution in [-0.2, 0) is 0 Å². The number of rotatable bonds is 0. The summed E-state index contributed by atoms with van der Waals surface area (Å²) in [4.78, 5) is 0. The van der Waals surface area contributed by atoms with Crippen LogP contribution in [0.25, 0.3) is 0 Å². The van der Waals surface area contributed by atoms with Gasteiger partial charge in [-0.15, -0.1) is 0 Å². The second-order valence-corrected chi connectivity index (χ2v) is 2.10. The Hall–Kier alpha value is -0.0400. The molecule has 1 aliphatic rings. The Bertz CT molecular complexity index is 37.2. The molecule has 0 unspecified atom stereocenters. The fourth-order valence-corrected chi connectivity index (χ4v) is 0.799. The van der Waals surface area contributed by atoms with Crippen LogP contribution in [0.5, 0.6) is 0 Å². The van der Waals surface area contributed by atoms with Gasteiger partial charge in [0.2, 0.25) is 0 Å². The summed E-state index contributed by atoms with van der Waals surface area (Å²) in [5, 5.41) is 3.27. The first kappa shape index (κ1) is 4.13. The molecule has 0 aromatic carbocycles. The fraction of sp³-hybridized carbons (Fsp3) is 1.00. The summed E-state index contributed by atoms with van der Waals surface area (Å²) >= 11 is 0. The molecule has 0 aromatic rings. The molecule has 0 bridgehead atoms. The Labute approximate surface area is 38.7 Å². The average Bonchev–Trinajstić information content (AvgIpc) is 1.86. The van der Waals surface area contributed by atoms with Crippen molar-refractivity contribution in [2.24, 2.45) is 5.92 Å². The molecule has 36 valence electrons. The van der Waals surface area contributed by atoms with E-state index in [0.29, 0.717) is 0 Å². The van der Waals surface area contributed by atoms with Crippen molar-refractivity contribution in [3.63, 3.8) is 0 Å². The van der Waals surface area contributed by atoms with Gasteiger partial charge >= 0.3 is 0 Å². The first-order valence-electron chi connectivity index (χ1n) is 2.60. The van der Waals surface area contributed by atoms with Crippen LogP contribution < -0.4 is 5.32 Å². The quantitative estimate of drug-likeness (QED) is 0.454. The third-order valence-corrected chi connectivity index (χ3v) is 1.31. The molecular weight excluding hydrogens is 74.1 g/mol. The van der Waals surface area contributed by atoms with Crippen molar-refractivity contribution < 1.29 is 0 Å². The van der Waals surface area contributed by atoms with Crippen LogP contribution in [0.4, 0.5) is 0 Å². The van der Waals surface area contributed by atoms with Crippen LogP contribution in [0.1, 0.15) is 13.3 Å². The van der Waals surface area contributed by atoms with E-state index in [4.69, 9.17) is 0 Å². The molecule has 1 rings (SSSR count). The van der Waals surface area contributed by atoms with Gasteiger partial charge in [0.25, 0.3) is 0 Å². The average molecular weight is 85.1 g/mol. The van der Waals surface area contributed by atoms with Crippen LogP contribution in [0.15, 0.2) is 0 Å². The first-order valence-corrected chi connectivity index (χ1v) is 2.60. The lowest BCUT2D eigenvalue weighted by atomic mass is 10.2. The van der Waals surface area contributed by atoms with E-state index in [1.165, 1.54) is 19.5 Å². The van der Waals surface area contributed by atoms with Gasteiger partial charge in [0.15, 0.2) is 0 Å². The topological polar surface area (TPSA) is 12.0 Å². The minimum Gasteiger partial charge on any atom is -0.316 e. The Morgan fingerprint density at radius 3 is 2.67 bits per heavy atom. The SMILES string of the molecule is C[C@@H]1CCNC1. The van der Waals surface area contributed by atoms with Crippen LogP contribution in [0.2, 0.25) is 0 Å². The molecule has 0 amide bonds. The molecule has 1 fully saturated rings. The maximum absolute atomic E-state index is 3.27. The summed E-state index contributed by atoms with van der Waals surface area (Å²) in [5.74, 6) is 0.935. The third kappa shape index (κ3) is 0.716. The van der Waals surface area contributed by atoms with Crippen molar-refractivity contribution in [3.8, 4) is 0 Å². The zero-order chi connectivity index (χ0) is 4.41. The second kappa shape index (κ2) is 1.61. The molecule has 1 nitrogen and oxygen atoms in total. The molecule has 0 saturated carbocycles. The van der Waals surface area contributed by atoms with Gasteiger partial charge in [-0.25, -0.2) is 0 Å². The first-order chi connectivity index (χ1) is 2.89. The number of hydrogen-bond acceptors (Lipinski definition) is 1. The van der Waals surface area contributed by atoms with Gasteiger partial charge in [-0.1, -0.05) is 6.92 Å². The molecule has 0 spiro atoms. The molecule has 0 radical (unpaired) electrons. The minimum absolute atomic E-state index is 0.935. The Morgan fingerprint density at radius 2 is 2.50 bits per heavy atom. The summed E-state index contributed by atoms with van der Waals surface area (Å²) in [5.41, 5.74) is 0. The molecule has 1 N–H and O–H groups in total. The Kier molecular flexibility index (Phi) is 1.10. The maximum atomic E-state index is 3.27. The van der Waals surface area contributed by atoms with Crippen molar-refractivity contribution in [2.75, 3.05) is 13.1 Å². The molecule has 6 heavy (non-hydrogen) atoms. The highest BCUT2D eigenvalue weighted by Crippen LogP contribution is 2.03. The van der Waals surface area contributed by atoms with Gasteiger partial charge in [0, 0.05) is 0 Å². The van der Waals surface area contributed by atoms with Crippen molar-refractivity contribution in [2.45, 2.75) is 13.3 Å². The van der Waals surface area contributed by atoms with Crippen molar-refractivity contribution in [1.82, 2.24) is 5.32 Å². The monoisotopic (exact) mass is 85.1 g/mol. The lowest BCUT2D eigenvalue weighted by Crippen LogP contribution is -2.06. The molecular formula is C5H11N. The summed E-state index contributed by atoms with van der Waals surface area (Å²) in [6.07, 6.45) is 1.38. The van der Waals surface area contributed by atoms with E-state index in [-0.39, 0.29) is 0 Å². The fourth-order valence-electron chi connectivity index (χ4n) is 0.799. The summed E-state index contributed by atoms with van der Waals surface area (Å²) in [7, 11) is 0. The smallest absolute Gasteiger partial charge is 0.00227 e. The van der Waals surface area contributed by atoms with Gasteiger partial charge in [-0.2, -0.15) is 0 Å². The van der Waals surface area contributed by atoms with Crippen LogP contribution in [-0.4, -0.2) is 13.1 Å². The molecule has 1 heterocycles. The van der Waals surface area contributed by atoms with E-state index in [1.807, 2.05) is 0 Å². The third-order valence-electron chi connectivity index (χ3n) is 1.31. The van der Waals surface area contributed by atoms with Gasteiger partial charge in [0.05, 0.1) is 0 Å². The maximum Gasteiger partial charge on any atom is -0.00227 e. The van der Waals surface area contributed by atoms with Gasteiger partial charge < -0.3 is 5.32 Å². The zero-order valence-corrected chi connectivity index (χ0v) is 4.20. The molecule has 1 aliphatic heterocycles. The van der Waals surface area contributed by atoms with Gasteiger partial charge in [-0.05, 0) is 25.4 Å². The summed E-state index contributed by atoms with van der Waals surface area (Å²) in [6, 6.07) is 0. The number of nitrogens with one attached hydrogen (secondary N) is 1. The Morgan fingerprint density at radius 1 is 1.67 bits per heavy atom. The van der Waals surface area contributed by atoms with Crippen LogP contribution in [0.3, 0.4) is 0 Å². The number of hydrogen-bond donors (Lipinski definition) is 1. The highest BCUT2D eigenvalue weighted by atomic mass is 14.9. The van der Waals surface area contributed by atoms with E-state index in [9.17, 15) is 0 Å². The lowest BCUT2D eigenvalue weighted by molar-refractivity contribution is 0.651. The van der Waals surface area contributed by atoms with E-state index >= 15 is 0 Å². The van der Waals surface area contributed by atoms with E-state index in [0.717, 1.165) is 5.92 Å². The normalized spacial score (nSPS) is 34.5. The second-order valence-electron chi connectivity index (χ2n) is 2.10. The summed E-state index contributed by atoms with van der Waals surface area (Å²) < 4.78 is 0. The van der Waals surface area contributed by atoms with E-state index < -0.39 is 0 Å². The van der Waals surface area contributed by atoms with Crippen LogP contribution in [0, 0.1) is 5.92 Å². The highest BCUT2D eigenvalue weighted by Gasteiger charge is 2.06.